The van der Waals surface area contributed by atoms with Crippen molar-refractivity contribution >= 4 is 39.5 Å². The van der Waals surface area contributed by atoms with Gasteiger partial charge in [0.2, 0.25) is 0 Å². The number of phosphoric ester groups is 2. The molecular weight excluding hydrogens is 1090 g/mol. The second kappa shape index (κ2) is 54.5. The molecule has 3 N–H and O–H groups in total. The highest BCUT2D eigenvalue weighted by molar-refractivity contribution is 7.47. The molecule has 0 aromatic heterocycles. The van der Waals surface area contributed by atoms with Crippen LogP contribution >= 0.6 is 15.6 Å². The Morgan fingerprint density at radius 3 is 0.927 bits per heavy atom. The van der Waals surface area contributed by atoms with Gasteiger partial charge in [-0.1, -0.05) is 254 Å². The Bertz CT molecular complexity index is 1630. The number of rotatable bonds is 61. The van der Waals surface area contributed by atoms with Gasteiger partial charge >= 0.3 is 39.5 Å². The normalized spacial score (nSPS) is 14.7. The number of ether oxygens (including phenoxy) is 4. The minimum absolute atomic E-state index is 0.102. The molecule has 0 aliphatic rings. The first-order valence-electron chi connectivity index (χ1n) is 32.9. The number of phosphoric acid groups is 2. The fourth-order valence-electron chi connectivity index (χ4n) is 9.27. The maximum absolute atomic E-state index is 13.0. The fraction of sp³-hybridized carbons (Fsp3) is 0.937. The van der Waals surface area contributed by atoms with Crippen LogP contribution < -0.4 is 0 Å². The molecule has 0 aliphatic heterocycles. The van der Waals surface area contributed by atoms with Crippen molar-refractivity contribution in [2.24, 2.45) is 17.8 Å². The predicted molar refractivity (Wildman–Crippen MR) is 326 cm³/mol. The van der Waals surface area contributed by atoms with Gasteiger partial charge in [-0.15, -0.1) is 0 Å². The molecule has 0 saturated carbocycles. The largest absolute Gasteiger partial charge is 0.472 e. The van der Waals surface area contributed by atoms with Crippen molar-refractivity contribution in [3.63, 3.8) is 0 Å². The molecule has 0 spiro atoms. The Morgan fingerprint density at radius 2 is 0.622 bits per heavy atom. The molecule has 486 valence electrons. The van der Waals surface area contributed by atoms with Crippen LogP contribution in [0.15, 0.2) is 0 Å². The summed E-state index contributed by atoms with van der Waals surface area (Å²) in [4.78, 5) is 71.9. The quantitative estimate of drug-likeness (QED) is 0.0222. The van der Waals surface area contributed by atoms with E-state index in [1.165, 1.54) is 109 Å². The van der Waals surface area contributed by atoms with E-state index in [0.717, 1.165) is 114 Å². The number of hydrogen-bond donors (Lipinski definition) is 3. The molecule has 0 amide bonds. The Kier molecular flexibility index (Phi) is 53.2. The Labute approximate surface area is 498 Å². The van der Waals surface area contributed by atoms with E-state index < -0.39 is 97.5 Å². The van der Waals surface area contributed by atoms with Gasteiger partial charge < -0.3 is 33.8 Å². The highest BCUT2D eigenvalue weighted by Crippen LogP contribution is 2.45. The predicted octanol–water partition coefficient (Wildman–Crippen LogP) is 17.1. The standard InChI is InChI=1S/C63H122O17P2/c1-8-10-11-27-37-44-60(65)73-50-58(80-63(68)47-40-33-26-25-30-36-43-56(7)9-2)52-77-81(69,70)75-48-57(64)49-76-82(71,72)78-53-59(51-74-61(66)45-38-31-23-20-16-18-22-29-35-42-55(5)6)79-62(67)46-39-32-24-19-15-13-12-14-17-21-28-34-41-54(3)4/h54-59,64H,8-53H2,1-7H3,(H,69,70)(H,71,72)/t56?,57-,58+,59+/m0/s1. The molecule has 6 atom stereocenters. The summed E-state index contributed by atoms with van der Waals surface area (Å²) in [6, 6.07) is 0. The summed E-state index contributed by atoms with van der Waals surface area (Å²) in [6.07, 6.45) is 35.2. The van der Waals surface area contributed by atoms with Crippen LogP contribution in [0.5, 0.6) is 0 Å². The van der Waals surface area contributed by atoms with Gasteiger partial charge in [0.1, 0.15) is 19.3 Å². The van der Waals surface area contributed by atoms with Crippen molar-refractivity contribution in [1.29, 1.82) is 0 Å². The van der Waals surface area contributed by atoms with Crippen LogP contribution in [0.25, 0.3) is 0 Å². The van der Waals surface area contributed by atoms with Crippen molar-refractivity contribution in [2.75, 3.05) is 39.6 Å². The molecule has 19 heteroatoms. The van der Waals surface area contributed by atoms with Crippen LogP contribution in [-0.4, -0.2) is 96.7 Å². The third-order valence-electron chi connectivity index (χ3n) is 14.7. The molecule has 0 aromatic carbocycles. The van der Waals surface area contributed by atoms with Crippen LogP contribution in [0.4, 0.5) is 0 Å². The zero-order valence-corrected chi connectivity index (χ0v) is 54.7. The van der Waals surface area contributed by atoms with E-state index in [1.807, 2.05) is 0 Å². The molecule has 0 heterocycles. The van der Waals surface area contributed by atoms with E-state index in [2.05, 4.69) is 48.5 Å². The van der Waals surface area contributed by atoms with Gasteiger partial charge in [-0.3, -0.25) is 37.3 Å². The average Bonchev–Trinajstić information content (AvgIpc) is 3.45. The molecule has 82 heavy (non-hydrogen) atoms. The second-order valence-electron chi connectivity index (χ2n) is 24.0. The third-order valence-corrected chi connectivity index (χ3v) is 16.6. The van der Waals surface area contributed by atoms with Crippen LogP contribution in [0.2, 0.25) is 0 Å². The summed E-state index contributed by atoms with van der Waals surface area (Å²) in [7, 11) is -9.88. The molecule has 3 unspecified atom stereocenters. The molecular formula is C63H122O17P2. The third kappa shape index (κ3) is 55.9. The van der Waals surface area contributed by atoms with Gasteiger partial charge in [0, 0.05) is 25.7 Å². The Hall–Kier alpha value is -1.94. The van der Waals surface area contributed by atoms with Gasteiger partial charge in [0.05, 0.1) is 26.4 Å². The Morgan fingerprint density at radius 1 is 0.354 bits per heavy atom. The van der Waals surface area contributed by atoms with E-state index in [-0.39, 0.29) is 25.7 Å². The molecule has 0 fully saturated rings. The number of carbonyl (C=O) groups is 4. The van der Waals surface area contributed by atoms with Gasteiger partial charge in [0.15, 0.2) is 12.2 Å². The summed E-state index contributed by atoms with van der Waals surface area (Å²) < 4.78 is 67.8. The maximum Gasteiger partial charge on any atom is 0.472 e. The average molecular weight is 1210 g/mol. The highest BCUT2D eigenvalue weighted by Gasteiger charge is 2.30. The van der Waals surface area contributed by atoms with E-state index in [1.54, 1.807) is 0 Å². The second-order valence-corrected chi connectivity index (χ2v) is 26.9. The lowest BCUT2D eigenvalue weighted by Crippen LogP contribution is -2.30. The lowest BCUT2D eigenvalue weighted by atomic mass is 10.00. The van der Waals surface area contributed by atoms with Crippen molar-refractivity contribution in [1.82, 2.24) is 0 Å². The zero-order valence-electron chi connectivity index (χ0n) is 52.9. The number of unbranched alkanes of at least 4 members (excludes halogenated alkanes) is 28. The summed E-state index contributed by atoms with van der Waals surface area (Å²) in [6.45, 7) is 11.6. The lowest BCUT2D eigenvalue weighted by molar-refractivity contribution is -0.161. The maximum atomic E-state index is 13.0. The number of aliphatic hydroxyl groups is 1. The van der Waals surface area contributed by atoms with Crippen LogP contribution in [0, 0.1) is 17.8 Å². The van der Waals surface area contributed by atoms with Crippen LogP contribution in [-0.2, 0) is 65.4 Å². The van der Waals surface area contributed by atoms with Crippen molar-refractivity contribution in [3.05, 3.63) is 0 Å². The number of esters is 4. The zero-order chi connectivity index (χ0) is 61.0. The molecule has 0 radical (unpaired) electrons. The number of carbonyl (C=O) groups excluding carboxylic acids is 4. The van der Waals surface area contributed by atoms with Crippen LogP contribution in [0.3, 0.4) is 0 Å². The molecule has 17 nitrogen and oxygen atoms in total. The number of aliphatic hydroxyl groups excluding tert-OH is 1. The summed E-state index contributed by atoms with van der Waals surface area (Å²) in [5, 5.41) is 10.5. The topological polar surface area (TPSA) is 237 Å². The molecule has 0 saturated heterocycles. The molecule has 0 rings (SSSR count). The SMILES string of the molecule is CCCCCCCC(=O)OC[C@H](COP(=O)(O)OC[C@H](O)COP(=O)(O)OC[C@@H](COC(=O)CCCCCCCCCCCC(C)C)OC(=O)CCCCCCCCCCCCCCC(C)C)OC(=O)CCCCCCCCC(C)CC. The smallest absolute Gasteiger partial charge is 0.462 e. The van der Waals surface area contributed by atoms with Gasteiger partial charge in [-0.2, -0.15) is 0 Å². The first-order chi connectivity index (χ1) is 39.3. The summed E-state index contributed by atoms with van der Waals surface area (Å²) >= 11 is 0. The Balaban J connectivity index is 5.19. The van der Waals surface area contributed by atoms with E-state index in [9.17, 15) is 43.2 Å². The number of hydrogen-bond acceptors (Lipinski definition) is 15. The minimum atomic E-state index is -4.94. The van der Waals surface area contributed by atoms with Gasteiger partial charge in [0.25, 0.3) is 0 Å². The molecule has 0 aromatic rings. The molecule has 0 aliphatic carbocycles. The fourth-order valence-corrected chi connectivity index (χ4v) is 10.9. The summed E-state index contributed by atoms with van der Waals surface area (Å²) in [5.41, 5.74) is 0. The van der Waals surface area contributed by atoms with Crippen molar-refractivity contribution in [2.45, 2.75) is 324 Å². The lowest BCUT2D eigenvalue weighted by Gasteiger charge is -2.21. The van der Waals surface area contributed by atoms with E-state index in [0.29, 0.717) is 25.7 Å². The highest BCUT2D eigenvalue weighted by atomic mass is 31.2. The first-order valence-corrected chi connectivity index (χ1v) is 35.9. The van der Waals surface area contributed by atoms with E-state index >= 15 is 0 Å². The van der Waals surface area contributed by atoms with Gasteiger partial charge in [-0.25, -0.2) is 9.13 Å². The monoisotopic (exact) mass is 1210 g/mol. The van der Waals surface area contributed by atoms with Crippen LogP contribution in [0.1, 0.15) is 305 Å². The van der Waals surface area contributed by atoms with Gasteiger partial charge in [-0.05, 0) is 43.4 Å². The van der Waals surface area contributed by atoms with Crippen molar-refractivity contribution in [3.8, 4) is 0 Å². The first kappa shape index (κ1) is 80.1. The molecule has 0 bridgehead atoms. The summed E-state index contributed by atoms with van der Waals surface area (Å²) in [5.74, 6) is 0.0914. The van der Waals surface area contributed by atoms with E-state index in [4.69, 9.17) is 37.0 Å². The minimum Gasteiger partial charge on any atom is -0.462 e. The van der Waals surface area contributed by atoms with Crippen molar-refractivity contribution < 1.29 is 80.2 Å².